The number of amides is 1. The second kappa shape index (κ2) is 7.36. The van der Waals surface area contributed by atoms with Crippen molar-refractivity contribution in [3.05, 3.63) is 29.0 Å². The number of hydrogen-bond acceptors (Lipinski definition) is 8. The average molecular weight is 363 g/mol. The van der Waals surface area contributed by atoms with Crippen LogP contribution in [-0.4, -0.2) is 55.2 Å². The first-order valence-corrected chi connectivity index (χ1v) is 8.61. The van der Waals surface area contributed by atoms with Gasteiger partial charge in [-0.15, -0.1) is 0 Å². The molecule has 3 heterocycles. The van der Waals surface area contributed by atoms with Crippen molar-refractivity contribution in [3.63, 3.8) is 0 Å². The van der Waals surface area contributed by atoms with Crippen molar-refractivity contribution in [1.29, 1.82) is 0 Å². The minimum Gasteiger partial charge on any atom is -0.383 e. The molecule has 3 rings (SSSR count). The minimum absolute atomic E-state index is 0.0472. The van der Waals surface area contributed by atoms with Crippen molar-refractivity contribution in [3.8, 4) is 0 Å². The summed E-state index contributed by atoms with van der Waals surface area (Å²) in [6.45, 7) is 8.06. The molecule has 1 amide bonds. The lowest BCUT2D eigenvalue weighted by Gasteiger charge is -2.23. The van der Waals surface area contributed by atoms with Gasteiger partial charge in [-0.25, -0.2) is 5.48 Å². The van der Waals surface area contributed by atoms with Gasteiger partial charge in [-0.2, -0.15) is 4.99 Å². The summed E-state index contributed by atoms with van der Waals surface area (Å²) in [6, 6.07) is 0. The molecule has 0 aromatic carbocycles. The normalized spacial score (nSPS) is 23.8. The summed E-state index contributed by atoms with van der Waals surface area (Å²) < 4.78 is 10.1. The molecule has 2 aliphatic rings. The number of methoxy groups -OCH3 is 1. The van der Waals surface area contributed by atoms with Gasteiger partial charge in [-0.3, -0.25) is 4.79 Å². The van der Waals surface area contributed by atoms with Crippen LogP contribution in [0.25, 0.3) is 0 Å². The Balaban J connectivity index is 1.64. The Bertz CT molecular complexity index is 722. The lowest BCUT2D eigenvalue weighted by Crippen LogP contribution is -2.41. The van der Waals surface area contributed by atoms with E-state index in [4.69, 9.17) is 14.1 Å². The number of hydroxylamine groups is 1. The number of nitrogens with one attached hydrogen (secondary N) is 2. The van der Waals surface area contributed by atoms with Gasteiger partial charge < -0.3 is 24.3 Å². The quantitative estimate of drug-likeness (QED) is 0.723. The zero-order valence-electron chi connectivity index (χ0n) is 15.6. The molecule has 0 aliphatic carbocycles. The molecular weight excluding hydrogens is 338 g/mol. The molecular formula is C17H25N5O4. The molecule has 2 aliphatic heterocycles. The van der Waals surface area contributed by atoms with Gasteiger partial charge in [0.2, 0.25) is 5.91 Å². The van der Waals surface area contributed by atoms with E-state index in [0.717, 1.165) is 24.2 Å². The van der Waals surface area contributed by atoms with Crippen molar-refractivity contribution >= 4 is 11.8 Å². The number of hydrogen-bond donors (Lipinski definition) is 2. The predicted molar refractivity (Wildman–Crippen MR) is 94.0 cm³/mol. The van der Waals surface area contributed by atoms with Crippen LogP contribution in [0.4, 0.5) is 0 Å². The standard InChI is InChI=1S/C17H25N5O4/c1-11-14(12(2)25-20-11)15-19-13(21-26-15)9-22-7-5-17(3,10-22)16(23)18-6-8-24-4/h9,21H,5-8,10H2,1-4H3,(H,18,23). The van der Waals surface area contributed by atoms with Gasteiger partial charge in [0.15, 0.2) is 5.82 Å². The SMILES string of the molecule is COCCNC(=O)C1(C)CCN(C=C2N=C(c3c(C)noc3C)ON2)C1. The molecule has 1 aromatic rings. The summed E-state index contributed by atoms with van der Waals surface area (Å²) in [6.07, 6.45) is 2.65. The van der Waals surface area contributed by atoms with Crippen molar-refractivity contribution in [2.45, 2.75) is 27.2 Å². The minimum atomic E-state index is -0.432. The highest BCUT2D eigenvalue weighted by Crippen LogP contribution is 2.31. The highest BCUT2D eigenvalue weighted by Gasteiger charge is 2.39. The first-order chi connectivity index (χ1) is 12.4. The number of nitrogens with zero attached hydrogens (tertiary/aromatic N) is 3. The lowest BCUT2D eigenvalue weighted by atomic mass is 9.89. The first kappa shape index (κ1) is 18.2. The summed E-state index contributed by atoms with van der Waals surface area (Å²) in [5, 5.41) is 6.83. The number of aryl methyl sites for hydroxylation is 2. The zero-order valence-corrected chi connectivity index (χ0v) is 15.6. The predicted octanol–water partition coefficient (Wildman–Crippen LogP) is 0.846. The van der Waals surface area contributed by atoms with E-state index in [2.05, 4.69) is 25.8 Å². The molecule has 1 unspecified atom stereocenters. The Morgan fingerprint density at radius 2 is 2.31 bits per heavy atom. The summed E-state index contributed by atoms with van der Waals surface area (Å²) in [5.41, 5.74) is 3.85. The van der Waals surface area contributed by atoms with Gasteiger partial charge in [0, 0.05) is 32.9 Å². The van der Waals surface area contributed by atoms with Gasteiger partial charge in [0.05, 0.1) is 17.7 Å². The van der Waals surface area contributed by atoms with Crippen LogP contribution in [0.1, 0.15) is 30.4 Å². The third-order valence-electron chi connectivity index (χ3n) is 4.67. The van der Waals surface area contributed by atoms with Gasteiger partial charge in [0.25, 0.3) is 5.90 Å². The Morgan fingerprint density at radius 3 is 3.00 bits per heavy atom. The van der Waals surface area contributed by atoms with E-state index in [0.29, 0.717) is 37.2 Å². The zero-order chi connectivity index (χ0) is 18.7. The maximum absolute atomic E-state index is 12.4. The lowest BCUT2D eigenvalue weighted by molar-refractivity contribution is -0.129. The van der Waals surface area contributed by atoms with Gasteiger partial charge in [0.1, 0.15) is 11.3 Å². The summed E-state index contributed by atoms with van der Waals surface area (Å²) >= 11 is 0. The molecule has 1 aromatic heterocycles. The molecule has 0 bridgehead atoms. The highest BCUT2D eigenvalue weighted by molar-refractivity contribution is 5.97. The molecule has 1 fully saturated rings. The van der Waals surface area contributed by atoms with Crippen LogP contribution in [0.15, 0.2) is 21.5 Å². The van der Waals surface area contributed by atoms with E-state index in [1.54, 1.807) is 7.11 Å². The Labute approximate surface area is 152 Å². The molecule has 26 heavy (non-hydrogen) atoms. The second-order valence-corrected chi connectivity index (χ2v) is 6.86. The van der Waals surface area contributed by atoms with E-state index in [-0.39, 0.29) is 5.91 Å². The van der Waals surface area contributed by atoms with Crippen molar-refractivity contribution in [2.75, 3.05) is 33.4 Å². The van der Waals surface area contributed by atoms with Gasteiger partial charge in [-0.05, 0) is 27.2 Å². The third kappa shape index (κ3) is 3.67. The van der Waals surface area contributed by atoms with Crippen LogP contribution >= 0.6 is 0 Å². The van der Waals surface area contributed by atoms with E-state index < -0.39 is 5.41 Å². The number of carbonyl (C=O) groups excluding carboxylic acids is 1. The average Bonchev–Trinajstić information content (AvgIpc) is 3.29. The molecule has 0 spiro atoms. The first-order valence-electron chi connectivity index (χ1n) is 8.61. The van der Waals surface area contributed by atoms with E-state index in [1.807, 2.05) is 27.0 Å². The molecule has 9 heteroatoms. The number of aromatic nitrogens is 1. The molecule has 1 atom stereocenters. The molecule has 0 saturated carbocycles. The fraction of sp³-hybridized carbons (Fsp3) is 0.588. The topological polar surface area (TPSA) is 101 Å². The summed E-state index contributed by atoms with van der Waals surface area (Å²) in [5.74, 6) is 1.73. The fourth-order valence-electron chi connectivity index (χ4n) is 3.15. The highest BCUT2D eigenvalue weighted by atomic mass is 16.7. The van der Waals surface area contributed by atoms with Crippen LogP contribution in [0.5, 0.6) is 0 Å². The Kier molecular flexibility index (Phi) is 5.17. The van der Waals surface area contributed by atoms with E-state index in [9.17, 15) is 4.79 Å². The van der Waals surface area contributed by atoms with Crippen LogP contribution in [0.2, 0.25) is 0 Å². The summed E-state index contributed by atoms with van der Waals surface area (Å²) in [4.78, 5) is 24.4. The molecule has 0 radical (unpaired) electrons. The molecule has 142 valence electrons. The monoisotopic (exact) mass is 363 g/mol. The maximum Gasteiger partial charge on any atom is 0.260 e. The maximum atomic E-state index is 12.4. The number of carbonyl (C=O) groups is 1. The molecule has 2 N–H and O–H groups in total. The second-order valence-electron chi connectivity index (χ2n) is 6.86. The Hall–Kier alpha value is -2.55. The number of aliphatic imine (C=N–C) groups is 1. The van der Waals surface area contributed by atoms with Crippen molar-refractivity contribution in [2.24, 2.45) is 10.4 Å². The Morgan fingerprint density at radius 1 is 1.50 bits per heavy atom. The van der Waals surface area contributed by atoms with Crippen LogP contribution < -0.4 is 10.8 Å². The third-order valence-corrected chi connectivity index (χ3v) is 4.67. The number of rotatable bonds is 6. The molecule has 9 nitrogen and oxygen atoms in total. The van der Waals surface area contributed by atoms with Crippen LogP contribution in [-0.2, 0) is 14.4 Å². The van der Waals surface area contributed by atoms with Crippen molar-refractivity contribution in [1.82, 2.24) is 20.9 Å². The van der Waals surface area contributed by atoms with E-state index in [1.165, 1.54) is 0 Å². The van der Waals surface area contributed by atoms with E-state index >= 15 is 0 Å². The van der Waals surface area contributed by atoms with Crippen molar-refractivity contribution < 1.29 is 18.9 Å². The van der Waals surface area contributed by atoms with Crippen LogP contribution in [0.3, 0.4) is 0 Å². The van der Waals surface area contributed by atoms with Gasteiger partial charge in [-0.1, -0.05) is 5.16 Å². The number of ether oxygens (including phenoxy) is 1. The smallest absolute Gasteiger partial charge is 0.260 e. The van der Waals surface area contributed by atoms with Gasteiger partial charge >= 0.3 is 0 Å². The fourth-order valence-corrected chi connectivity index (χ4v) is 3.15. The molecule has 1 saturated heterocycles. The largest absolute Gasteiger partial charge is 0.383 e. The van der Waals surface area contributed by atoms with Crippen LogP contribution in [0, 0.1) is 19.3 Å². The number of likely N-dealkylation sites (tertiary alicyclic amines) is 1. The summed E-state index contributed by atoms with van der Waals surface area (Å²) in [7, 11) is 1.62.